The van der Waals surface area contributed by atoms with Crippen molar-refractivity contribution in [3.63, 3.8) is 0 Å². The fourth-order valence-electron chi connectivity index (χ4n) is 4.10. The largest absolute Gasteiger partial charge is 0.319 e. The van der Waals surface area contributed by atoms with E-state index in [1.165, 1.54) is 12.1 Å². The molecule has 3 aromatic carbocycles. The fourth-order valence-corrected chi connectivity index (χ4v) is 4.10. The Kier molecular flexibility index (Phi) is 5.74. The van der Waals surface area contributed by atoms with E-state index in [-0.39, 0.29) is 11.7 Å². The van der Waals surface area contributed by atoms with Crippen molar-refractivity contribution < 1.29 is 9.18 Å². The molecule has 1 amide bonds. The van der Waals surface area contributed by atoms with Crippen LogP contribution in [0.2, 0.25) is 0 Å². The van der Waals surface area contributed by atoms with E-state index in [9.17, 15) is 9.18 Å². The third kappa shape index (κ3) is 4.36. The van der Waals surface area contributed by atoms with Crippen LogP contribution in [-0.4, -0.2) is 25.5 Å². The molecule has 5 aromatic rings. The lowest BCUT2D eigenvalue weighted by Gasteiger charge is -2.08. The monoisotopic (exact) mass is 465 g/mol. The number of halogens is 1. The van der Waals surface area contributed by atoms with Crippen LogP contribution in [0.4, 0.5) is 10.1 Å². The first-order chi connectivity index (χ1) is 16.9. The Morgan fingerprint density at radius 1 is 0.857 bits per heavy atom. The van der Waals surface area contributed by atoms with Crippen LogP contribution in [-0.2, 0) is 0 Å². The number of nitrogens with zero attached hydrogens (tertiary/aromatic N) is 4. The number of anilines is 1. The zero-order valence-electron chi connectivity index (χ0n) is 19.7. The molecule has 0 fully saturated rings. The standard InChI is InChI=1S/C28H24FN5O/c1-18-8-7-9-21(16-18)27-25(17-33(32-27)23-14-12-22(29)13-15-23)28(35)30-26-19(2)31-34(20(26)3)24-10-5-4-6-11-24/h4-17H,1-3H3,(H,30,35). The Hall–Kier alpha value is -4.52. The molecule has 0 aliphatic heterocycles. The minimum absolute atomic E-state index is 0.298. The fraction of sp³-hybridized carbons (Fsp3) is 0.107. The van der Waals surface area contributed by atoms with Crippen LogP contribution in [0, 0.1) is 26.6 Å². The summed E-state index contributed by atoms with van der Waals surface area (Å²) < 4.78 is 16.9. The topological polar surface area (TPSA) is 64.7 Å². The molecule has 0 spiro atoms. The molecule has 0 aliphatic carbocycles. The molecule has 1 N–H and O–H groups in total. The van der Waals surface area contributed by atoms with E-state index in [0.717, 1.165) is 22.5 Å². The molecule has 7 heteroatoms. The summed E-state index contributed by atoms with van der Waals surface area (Å²) in [6.07, 6.45) is 1.67. The van der Waals surface area contributed by atoms with Gasteiger partial charge in [-0.05, 0) is 63.2 Å². The lowest BCUT2D eigenvalue weighted by Crippen LogP contribution is -2.13. The number of aryl methyl sites for hydroxylation is 2. The van der Waals surface area contributed by atoms with Crippen LogP contribution in [0.1, 0.15) is 27.3 Å². The number of carbonyl (C=O) groups is 1. The van der Waals surface area contributed by atoms with Gasteiger partial charge in [-0.3, -0.25) is 4.79 Å². The lowest BCUT2D eigenvalue weighted by molar-refractivity contribution is 0.102. The molecule has 174 valence electrons. The van der Waals surface area contributed by atoms with Crippen LogP contribution in [0.25, 0.3) is 22.6 Å². The first kappa shape index (κ1) is 22.3. The molecule has 0 aliphatic rings. The van der Waals surface area contributed by atoms with Crippen molar-refractivity contribution in [2.45, 2.75) is 20.8 Å². The van der Waals surface area contributed by atoms with Crippen molar-refractivity contribution in [2.24, 2.45) is 0 Å². The number of benzene rings is 3. The van der Waals surface area contributed by atoms with Gasteiger partial charge >= 0.3 is 0 Å². The summed E-state index contributed by atoms with van der Waals surface area (Å²) in [7, 11) is 0. The van der Waals surface area contributed by atoms with Crippen LogP contribution in [0.15, 0.2) is 85.1 Å². The van der Waals surface area contributed by atoms with Gasteiger partial charge in [-0.15, -0.1) is 0 Å². The van der Waals surface area contributed by atoms with E-state index < -0.39 is 0 Å². The van der Waals surface area contributed by atoms with E-state index in [0.29, 0.717) is 28.3 Å². The van der Waals surface area contributed by atoms with Gasteiger partial charge in [-0.1, -0.05) is 42.0 Å². The maximum absolute atomic E-state index is 13.6. The highest BCUT2D eigenvalue weighted by Crippen LogP contribution is 2.28. The normalized spacial score (nSPS) is 11.0. The van der Waals surface area contributed by atoms with E-state index >= 15 is 0 Å². The molecule has 0 saturated carbocycles. The van der Waals surface area contributed by atoms with Gasteiger partial charge in [-0.25, -0.2) is 13.8 Å². The molecular weight excluding hydrogens is 441 g/mol. The molecule has 6 nitrogen and oxygen atoms in total. The van der Waals surface area contributed by atoms with Gasteiger partial charge in [0.15, 0.2) is 0 Å². The van der Waals surface area contributed by atoms with Crippen molar-refractivity contribution in [1.29, 1.82) is 0 Å². The number of hydrogen-bond acceptors (Lipinski definition) is 3. The predicted molar refractivity (Wildman–Crippen MR) is 135 cm³/mol. The van der Waals surface area contributed by atoms with E-state index in [4.69, 9.17) is 5.10 Å². The molecule has 2 heterocycles. The summed E-state index contributed by atoms with van der Waals surface area (Å²) in [5.41, 5.74) is 6.59. The first-order valence-electron chi connectivity index (χ1n) is 11.3. The summed E-state index contributed by atoms with van der Waals surface area (Å²) in [6, 6.07) is 23.6. The highest BCUT2D eigenvalue weighted by atomic mass is 19.1. The average molecular weight is 466 g/mol. The Labute approximate surface area is 202 Å². The van der Waals surface area contributed by atoms with Gasteiger partial charge in [0.2, 0.25) is 0 Å². The van der Waals surface area contributed by atoms with Crippen molar-refractivity contribution >= 4 is 11.6 Å². The lowest BCUT2D eigenvalue weighted by atomic mass is 10.1. The third-order valence-electron chi connectivity index (χ3n) is 5.87. The minimum atomic E-state index is -0.334. The number of para-hydroxylation sites is 1. The van der Waals surface area contributed by atoms with Crippen LogP contribution >= 0.6 is 0 Å². The van der Waals surface area contributed by atoms with Gasteiger partial charge in [0, 0.05) is 11.8 Å². The van der Waals surface area contributed by atoms with Crippen LogP contribution in [0.3, 0.4) is 0 Å². The summed E-state index contributed by atoms with van der Waals surface area (Å²) in [5, 5.41) is 12.4. The zero-order valence-corrected chi connectivity index (χ0v) is 19.7. The molecular formula is C28H24FN5O. The number of amides is 1. The summed E-state index contributed by atoms with van der Waals surface area (Å²) in [5.74, 6) is -0.632. The van der Waals surface area contributed by atoms with Crippen molar-refractivity contribution in [1.82, 2.24) is 19.6 Å². The average Bonchev–Trinajstić information content (AvgIpc) is 3.43. The minimum Gasteiger partial charge on any atom is -0.319 e. The second kappa shape index (κ2) is 9.02. The molecule has 0 atom stereocenters. The quantitative estimate of drug-likeness (QED) is 0.344. The third-order valence-corrected chi connectivity index (χ3v) is 5.87. The number of nitrogens with one attached hydrogen (secondary N) is 1. The predicted octanol–water partition coefficient (Wildman–Crippen LogP) is 6.04. The van der Waals surface area contributed by atoms with Crippen LogP contribution < -0.4 is 5.32 Å². The Bertz CT molecular complexity index is 1520. The maximum Gasteiger partial charge on any atom is 0.259 e. The number of carbonyl (C=O) groups excluding carboxylic acids is 1. The molecule has 0 radical (unpaired) electrons. The van der Waals surface area contributed by atoms with Gasteiger partial charge in [0.1, 0.15) is 11.5 Å². The molecule has 2 aromatic heterocycles. The Morgan fingerprint density at radius 2 is 1.60 bits per heavy atom. The van der Waals surface area contributed by atoms with Crippen molar-refractivity contribution in [3.8, 4) is 22.6 Å². The number of aromatic nitrogens is 4. The second-order valence-electron chi connectivity index (χ2n) is 8.43. The van der Waals surface area contributed by atoms with Crippen LogP contribution in [0.5, 0.6) is 0 Å². The van der Waals surface area contributed by atoms with Gasteiger partial charge in [0.05, 0.1) is 34.0 Å². The van der Waals surface area contributed by atoms with E-state index in [1.54, 1.807) is 23.0 Å². The molecule has 0 unspecified atom stereocenters. The van der Waals surface area contributed by atoms with Gasteiger partial charge in [-0.2, -0.15) is 10.2 Å². The molecule has 0 saturated heterocycles. The summed E-state index contributed by atoms with van der Waals surface area (Å²) in [6.45, 7) is 5.78. The molecule has 0 bridgehead atoms. The molecule has 5 rings (SSSR count). The van der Waals surface area contributed by atoms with Crippen molar-refractivity contribution in [2.75, 3.05) is 5.32 Å². The Morgan fingerprint density at radius 3 is 2.31 bits per heavy atom. The maximum atomic E-state index is 13.6. The number of hydrogen-bond donors (Lipinski definition) is 1. The van der Waals surface area contributed by atoms with E-state index in [1.807, 2.05) is 80.1 Å². The van der Waals surface area contributed by atoms with Gasteiger partial charge < -0.3 is 5.32 Å². The first-order valence-corrected chi connectivity index (χ1v) is 11.3. The summed E-state index contributed by atoms with van der Waals surface area (Å²) >= 11 is 0. The highest BCUT2D eigenvalue weighted by molar-refractivity contribution is 6.08. The molecule has 35 heavy (non-hydrogen) atoms. The van der Waals surface area contributed by atoms with Gasteiger partial charge in [0.25, 0.3) is 5.91 Å². The van der Waals surface area contributed by atoms with E-state index in [2.05, 4.69) is 10.4 Å². The van der Waals surface area contributed by atoms with Crippen molar-refractivity contribution in [3.05, 3.63) is 113 Å². The smallest absolute Gasteiger partial charge is 0.259 e. The SMILES string of the molecule is Cc1cccc(-c2nn(-c3ccc(F)cc3)cc2C(=O)Nc2c(C)nn(-c3ccccc3)c2C)c1. The second-order valence-corrected chi connectivity index (χ2v) is 8.43. The zero-order chi connectivity index (χ0) is 24.5. The Balaban J connectivity index is 1.55. The summed E-state index contributed by atoms with van der Waals surface area (Å²) in [4.78, 5) is 13.6. The number of rotatable bonds is 5. The highest BCUT2D eigenvalue weighted by Gasteiger charge is 2.22.